The second-order valence-electron chi connectivity index (χ2n) is 3.51. The number of rotatable bonds is 3. The fourth-order valence-electron chi connectivity index (χ4n) is 1.25. The Morgan fingerprint density at radius 2 is 2.14 bits per heavy atom. The van der Waals surface area contributed by atoms with E-state index in [9.17, 15) is 0 Å². The van der Waals surface area contributed by atoms with Crippen LogP contribution in [0.25, 0.3) is 6.08 Å². The second-order valence-corrected chi connectivity index (χ2v) is 3.51. The van der Waals surface area contributed by atoms with Gasteiger partial charge < -0.3 is 11.5 Å². The van der Waals surface area contributed by atoms with E-state index in [-0.39, 0.29) is 0 Å². The minimum Gasteiger partial charge on any atom is -0.398 e. The van der Waals surface area contributed by atoms with E-state index in [1.54, 1.807) is 0 Å². The average molecular weight is 190 g/mol. The van der Waals surface area contributed by atoms with Gasteiger partial charge in [0.2, 0.25) is 0 Å². The standard InChI is InChI=1S/C12H18N2/c1-3-9(2)6-11-5-4-10(8-13)7-12(11)14/h4-7H,3,8,13-14H2,1-2H3/b9-6+. The predicted octanol–water partition coefficient (Wildman–Crippen LogP) is 2.54. The Morgan fingerprint density at radius 3 is 2.64 bits per heavy atom. The van der Waals surface area contributed by atoms with Crippen molar-refractivity contribution in [2.24, 2.45) is 5.73 Å². The molecule has 1 aromatic carbocycles. The molecule has 0 aliphatic carbocycles. The number of nitrogen functional groups attached to an aromatic ring is 1. The van der Waals surface area contributed by atoms with Crippen molar-refractivity contribution in [1.29, 1.82) is 0 Å². The Labute approximate surface area is 85.6 Å². The van der Waals surface area contributed by atoms with Crippen molar-refractivity contribution in [1.82, 2.24) is 0 Å². The molecular formula is C12H18N2. The van der Waals surface area contributed by atoms with Gasteiger partial charge in [-0.15, -0.1) is 0 Å². The molecule has 0 amide bonds. The van der Waals surface area contributed by atoms with Crippen LogP contribution in [0.1, 0.15) is 31.4 Å². The lowest BCUT2D eigenvalue weighted by Crippen LogP contribution is -1.98. The van der Waals surface area contributed by atoms with Gasteiger partial charge in [0.1, 0.15) is 0 Å². The van der Waals surface area contributed by atoms with Crippen LogP contribution in [0.2, 0.25) is 0 Å². The fraction of sp³-hybridized carbons (Fsp3) is 0.333. The van der Waals surface area contributed by atoms with E-state index in [0.29, 0.717) is 6.54 Å². The topological polar surface area (TPSA) is 52.0 Å². The maximum atomic E-state index is 5.90. The maximum Gasteiger partial charge on any atom is 0.0390 e. The summed E-state index contributed by atoms with van der Waals surface area (Å²) in [7, 11) is 0. The van der Waals surface area contributed by atoms with E-state index in [2.05, 4.69) is 19.9 Å². The van der Waals surface area contributed by atoms with Crippen LogP contribution in [0.3, 0.4) is 0 Å². The molecule has 0 aliphatic heterocycles. The molecule has 4 N–H and O–H groups in total. The van der Waals surface area contributed by atoms with Gasteiger partial charge in [0.05, 0.1) is 0 Å². The first kappa shape index (κ1) is 10.8. The van der Waals surface area contributed by atoms with Gasteiger partial charge in [0.15, 0.2) is 0 Å². The van der Waals surface area contributed by atoms with Crippen molar-refractivity contribution in [2.75, 3.05) is 5.73 Å². The summed E-state index contributed by atoms with van der Waals surface area (Å²) in [5.74, 6) is 0. The van der Waals surface area contributed by atoms with Crippen molar-refractivity contribution in [3.63, 3.8) is 0 Å². The summed E-state index contributed by atoms with van der Waals surface area (Å²) in [4.78, 5) is 0. The summed E-state index contributed by atoms with van der Waals surface area (Å²) in [6.45, 7) is 4.79. The highest BCUT2D eigenvalue weighted by Crippen LogP contribution is 2.18. The van der Waals surface area contributed by atoms with Crippen LogP contribution in [0.15, 0.2) is 23.8 Å². The molecule has 0 atom stereocenters. The zero-order valence-electron chi connectivity index (χ0n) is 8.88. The smallest absolute Gasteiger partial charge is 0.0390 e. The Balaban J connectivity index is 3.00. The molecule has 0 heterocycles. The van der Waals surface area contributed by atoms with Gasteiger partial charge in [-0.25, -0.2) is 0 Å². The van der Waals surface area contributed by atoms with E-state index in [4.69, 9.17) is 11.5 Å². The number of hydrogen-bond acceptors (Lipinski definition) is 2. The molecule has 0 unspecified atom stereocenters. The molecule has 1 aromatic rings. The summed E-state index contributed by atoms with van der Waals surface area (Å²) in [5, 5.41) is 0. The summed E-state index contributed by atoms with van der Waals surface area (Å²) < 4.78 is 0. The number of benzene rings is 1. The van der Waals surface area contributed by atoms with Crippen LogP contribution in [0.5, 0.6) is 0 Å². The fourth-order valence-corrected chi connectivity index (χ4v) is 1.25. The van der Waals surface area contributed by atoms with Gasteiger partial charge in [0.25, 0.3) is 0 Å². The van der Waals surface area contributed by atoms with E-state index in [1.165, 1.54) is 5.57 Å². The van der Waals surface area contributed by atoms with Crippen molar-refractivity contribution >= 4 is 11.8 Å². The largest absolute Gasteiger partial charge is 0.398 e. The molecule has 2 heteroatoms. The van der Waals surface area contributed by atoms with E-state index in [1.807, 2.05) is 18.2 Å². The van der Waals surface area contributed by atoms with Crippen LogP contribution in [-0.4, -0.2) is 0 Å². The SMILES string of the molecule is CC/C(C)=C/c1ccc(CN)cc1N. The minimum atomic E-state index is 0.543. The summed E-state index contributed by atoms with van der Waals surface area (Å²) >= 11 is 0. The third kappa shape index (κ3) is 2.60. The molecule has 0 aliphatic rings. The first-order chi connectivity index (χ1) is 6.67. The summed E-state index contributed by atoms with van der Waals surface area (Å²) in [5.41, 5.74) is 15.7. The van der Waals surface area contributed by atoms with Crippen molar-refractivity contribution in [2.45, 2.75) is 26.8 Å². The lowest BCUT2D eigenvalue weighted by atomic mass is 10.1. The molecule has 2 nitrogen and oxygen atoms in total. The van der Waals surface area contributed by atoms with Crippen LogP contribution in [0.4, 0.5) is 5.69 Å². The molecule has 0 saturated carbocycles. The average Bonchev–Trinajstić information content (AvgIpc) is 2.20. The summed E-state index contributed by atoms with van der Waals surface area (Å²) in [6, 6.07) is 5.98. The molecule has 0 saturated heterocycles. The third-order valence-corrected chi connectivity index (χ3v) is 2.35. The molecule has 0 fully saturated rings. The molecular weight excluding hydrogens is 172 g/mol. The molecule has 0 aromatic heterocycles. The van der Waals surface area contributed by atoms with Crippen molar-refractivity contribution in [3.05, 3.63) is 34.9 Å². The highest BCUT2D eigenvalue weighted by atomic mass is 14.6. The number of nitrogens with two attached hydrogens (primary N) is 2. The van der Waals surface area contributed by atoms with Crippen molar-refractivity contribution < 1.29 is 0 Å². The van der Waals surface area contributed by atoms with Gasteiger partial charge in [-0.3, -0.25) is 0 Å². The lowest BCUT2D eigenvalue weighted by molar-refractivity contribution is 1.07. The van der Waals surface area contributed by atoms with Gasteiger partial charge in [-0.2, -0.15) is 0 Å². The molecule has 76 valence electrons. The third-order valence-electron chi connectivity index (χ3n) is 2.35. The van der Waals surface area contributed by atoms with Gasteiger partial charge >= 0.3 is 0 Å². The minimum absolute atomic E-state index is 0.543. The van der Waals surface area contributed by atoms with Crippen LogP contribution >= 0.6 is 0 Å². The predicted molar refractivity (Wildman–Crippen MR) is 62.7 cm³/mol. The second kappa shape index (κ2) is 4.82. The van der Waals surface area contributed by atoms with Gasteiger partial charge in [-0.1, -0.05) is 30.7 Å². The van der Waals surface area contributed by atoms with Crippen LogP contribution in [0, 0.1) is 0 Å². The normalized spacial score (nSPS) is 11.8. The lowest BCUT2D eigenvalue weighted by Gasteiger charge is -2.04. The van der Waals surface area contributed by atoms with Crippen molar-refractivity contribution in [3.8, 4) is 0 Å². The molecule has 14 heavy (non-hydrogen) atoms. The first-order valence-electron chi connectivity index (χ1n) is 4.93. The Morgan fingerprint density at radius 1 is 1.43 bits per heavy atom. The Hall–Kier alpha value is -1.28. The van der Waals surface area contributed by atoms with Crippen LogP contribution < -0.4 is 11.5 Å². The van der Waals surface area contributed by atoms with Gasteiger partial charge in [0, 0.05) is 12.2 Å². The molecule has 0 radical (unpaired) electrons. The monoisotopic (exact) mass is 190 g/mol. The highest BCUT2D eigenvalue weighted by molar-refractivity contribution is 5.66. The molecule has 0 bridgehead atoms. The maximum absolute atomic E-state index is 5.90. The number of anilines is 1. The molecule has 1 rings (SSSR count). The first-order valence-corrected chi connectivity index (χ1v) is 4.93. The zero-order valence-corrected chi connectivity index (χ0v) is 8.88. The quantitative estimate of drug-likeness (QED) is 0.720. The van der Waals surface area contributed by atoms with Crippen LogP contribution in [-0.2, 0) is 6.54 Å². The Bertz CT molecular complexity index is 340. The highest BCUT2D eigenvalue weighted by Gasteiger charge is 1.97. The zero-order chi connectivity index (χ0) is 10.6. The summed E-state index contributed by atoms with van der Waals surface area (Å²) in [6.07, 6.45) is 3.17. The van der Waals surface area contributed by atoms with E-state index >= 15 is 0 Å². The number of hydrogen-bond donors (Lipinski definition) is 2. The van der Waals surface area contributed by atoms with E-state index < -0.39 is 0 Å². The Kier molecular flexibility index (Phi) is 3.72. The van der Waals surface area contributed by atoms with Gasteiger partial charge in [-0.05, 0) is 30.5 Å². The molecule has 0 spiro atoms. The van der Waals surface area contributed by atoms with E-state index in [0.717, 1.165) is 23.2 Å². The number of allylic oxidation sites excluding steroid dienone is 1.